The molecule has 0 spiro atoms. The molecule has 0 bridgehead atoms. The van der Waals surface area contributed by atoms with Crippen LogP contribution in [0.2, 0.25) is 0 Å². The zero-order valence-corrected chi connectivity index (χ0v) is 13.0. The molecule has 0 fully saturated rings. The fourth-order valence-corrected chi connectivity index (χ4v) is 2.93. The van der Waals surface area contributed by atoms with Gasteiger partial charge in [0.05, 0.1) is 17.2 Å². The van der Waals surface area contributed by atoms with Crippen LogP contribution < -0.4 is 0 Å². The number of fused-ring (bicyclic) bond motifs is 1. The zero-order chi connectivity index (χ0) is 15.4. The fourth-order valence-electron chi connectivity index (χ4n) is 2.69. The van der Waals surface area contributed by atoms with Gasteiger partial charge in [0.15, 0.2) is 0 Å². The van der Waals surface area contributed by atoms with Gasteiger partial charge in [-0.15, -0.1) is 0 Å². The first-order valence-corrected chi connectivity index (χ1v) is 7.84. The number of hydrogen-bond acceptors (Lipinski definition) is 2. The van der Waals surface area contributed by atoms with Crippen molar-refractivity contribution < 1.29 is 4.74 Å². The Morgan fingerprint density at radius 3 is 2.86 bits per heavy atom. The quantitative estimate of drug-likeness (QED) is 0.749. The fraction of sp³-hybridized carbons (Fsp3) is 0.278. The molecule has 1 aliphatic carbocycles. The number of aromatic nitrogens is 1. The second-order valence-electron chi connectivity index (χ2n) is 5.26. The largest absolute Gasteiger partial charge is 0.492 e. The highest BCUT2D eigenvalue weighted by Crippen LogP contribution is 2.24. The minimum Gasteiger partial charge on any atom is -0.492 e. The lowest BCUT2D eigenvalue weighted by Crippen LogP contribution is -2.03. The second-order valence-corrected chi connectivity index (χ2v) is 5.67. The van der Waals surface area contributed by atoms with Gasteiger partial charge in [0.1, 0.15) is 11.8 Å². The molecule has 3 nitrogen and oxygen atoms in total. The van der Waals surface area contributed by atoms with Gasteiger partial charge in [-0.2, -0.15) is 5.26 Å². The Labute approximate surface area is 135 Å². The summed E-state index contributed by atoms with van der Waals surface area (Å²) in [6.07, 6.45) is 8.79. The van der Waals surface area contributed by atoms with Crippen molar-refractivity contribution in [2.24, 2.45) is 0 Å². The third-order valence-corrected chi connectivity index (χ3v) is 4.11. The van der Waals surface area contributed by atoms with Crippen LogP contribution in [0.25, 0.3) is 10.9 Å². The SMILES string of the molecule is N#Cc1cn(CCCOC2=CCCC=C2Cl)c2ccccc12. The minimum absolute atomic E-state index is 0.615. The van der Waals surface area contributed by atoms with E-state index in [1.807, 2.05) is 42.6 Å². The number of aryl methyl sites for hydroxylation is 1. The third-order valence-electron chi connectivity index (χ3n) is 3.77. The summed E-state index contributed by atoms with van der Waals surface area (Å²) in [7, 11) is 0. The van der Waals surface area contributed by atoms with Crippen LogP contribution in [0.15, 0.2) is 53.4 Å². The van der Waals surface area contributed by atoms with Crippen LogP contribution in [0.4, 0.5) is 0 Å². The number of halogens is 1. The van der Waals surface area contributed by atoms with Crippen molar-refractivity contribution in [1.29, 1.82) is 5.26 Å². The molecule has 3 rings (SSSR count). The maximum absolute atomic E-state index is 9.20. The van der Waals surface area contributed by atoms with E-state index in [0.717, 1.165) is 48.0 Å². The summed E-state index contributed by atoms with van der Waals surface area (Å²) in [5.41, 5.74) is 1.81. The summed E-state index contributed by atoms with van der Waals surface area (Å²) >= 11 is 6.11. The normalized spacial score (nSPS) is 14.4. The molecule has 0 unspecified atom stereocenters. The van der Waals surface area contributed by atoms with Gasteiger partial charge < -0.3 is 9.30 Å². The Kier molecular flexibility index (Phi) is 4.50. The topological polar surface area (TPSA) is 38.0 Å². The van der Waals surface area contributed by atoms with E-state index in [4.69, 9.17) is 16.3 Å². The molecule has 22 heavy (non-hydrogen) atoms. The van der Waals surface area contributed by atoms with Crippen LogP contribution in [0.3, 0.4) is 0 Å². The predicted octanol–water partition coefficient (Wildman–Crippen LogP) is 4.72. The molecule has 0 saturated carbocycles. The van der Waals surface area contributed by atoms with Crippen molar-refractivity contribution in [3.63, 3.8) is 0 Å². The number of nitriles is 1. The summed E-state index contributed by atoms with van der Waals surface area (Å²) in [4.78, 5) is 0. The van der Waals surface area contributed by atoms with E-state index in [1.54, 1.807) is 0 Å². The lowest BCUT2D eigenvalue weighted by molar-refractivity contribution is 0.211. The van der Waals surface area contributed by atoms with Gasteiger partial charge in [-0.05, 0) is 31.4 Å². The van der Waals surface area contributed by atoms with Crippen molar-refractivity contribution in [2.45, 2.75) is 25.8 Å². The molecule has 1 heterocycles. The zero-order valence-electron chi connectivity index (χ0n) is 12.3. The van der Waals surface area contributed by atoms with Gasteiger partial charge in [-0.3, -0.25) is 0 Å². The molecule has 0 amide bonds. The molecular weight excluding hydrogens is 296 g/mol. The molecule has 1 aromatic carbocycles. The van der Waals surface area contributed by atoms with Gasteiger partial charge in [0.2, 0.25) is 0 Å². The molecular formula is C18H17ClN2O. The standard InChI is InChI=1S/C18H17ClN2O/c19-16-7-2-4-9-18(16)22-11-5-10-21-13-14(12-20)15-6-1-3-8-17(15)21/h1,3,6-9,13H,2,4-5,10-11H2. The molecule has 0 saturated heterocycles. The smallest absolute Gasteiger partial charge is 0.133 e. The average Bonchev–Trinajstić information content (AvgIpc) is 2.91. The molecule has 1 aliphatic rings. The van der Waals surface area contributed by atoms with Crippen LogP contribution in [0.1, 0.15) is 24.8 Å². The molecule has 112 valence electrons. The summed E-state index contributed by atoms with van der Waals surface area (Å²) in [6.45, 7) is 1.43. The predicted molar refractivity (Wildman–Crippen MR) is 88.5 cm³/mol. The number of ether oxygens (including phenoxy) is 1. The Hall–Kier alpha value is -2.18. The lowest BCUT2D eigenvalue weighted by Gasteiger charge is -2.13. The van der Waals surface area contributed by atoms with E-state index >= 15 is 0 Å². The molecule has 1 aromatic heterocycles. The highest BCUT2D eigenvalue weighted by Gasteiger charge is 2.09. The van der Waals surface area contributed by atoms with Gasteiger partial charge in [0.25, 0.3) is 0 Å². The van der Waals surface area contributed by atoms with Crippen LogP contribution in [0.5, 0.6) is 0 Å². The van der Waals surface area contributed by atoms with Gasteiger partial charge in [-0.25, -0.2) is 0 Å². The molecule has 0 aliphatic heterocycles. The molecule has 0 N–H and O–H groups in total. The first kappa shape index (κ1) is 14.7. The number of benzene rings is 1. The number of nitrogens with zero attached hydrogens (tertiary/aromatic N) is 2. The maximum atomic E-state index is 9.20. The number of hydrogen-bond donors (Lipinski definition) is 0. The molecule has 0 radical (unpaired) electrons. The van der Waals surface area contributed by atoms with Crippen LogP contribution >= 0.6 is 11.6 Å². The van der Waals surface area contributed by atoms with E-state index in [2.05, 4.69) is 10.6 Å². The van der Waals surface area contributed by atoms with Crippen LogP contribution in [-0.4, -0.2) is 11.2 Å². The van der Waals surface area contributed by atoms with Gasteiger partial charge >= 0.3 is 0 Å². The number of para-hydroxylation sites is 1. The first-order valence-electron chi connectivity index (χ1n) is 7.46. The summed E-state index contributed by atoms with van der Waals surface area (Å²) in [5, 5.41) is 10.9. The van der Waals surface area contributed by atoms with E-state index in [9.17, 15) is 5.26 Å². The third kappa shape index (κ3) is 3.03. The monoisotopic (exact) mass is 312 g/mol. The number of allylic oxidation sites excluding steroid dienone is 3. The summed E-state index contributed by atoms with van der Waals surface area (Å²) in [6, 6.07) is 10.2. The van der Waals surface area contributed by atoms with Crippen LogP contribution in [0, 0.1) is 11.3 Å². The summed E-state index contributed by atoms with van der Waals surface area (Å²) < 4.78 is 7.86. The van der Waals surface area contributed by atoms with Gasteiger partial charge in [0, 0.05) is 23.6 Å². The Bertz CT molecular complexity index is 780. The minimum atomic E-state index is 0.615. The van der Waals surface area contributed by atoms with Crippen molar-refractivity contribution in [3.05, 3.63) is 59.0 Å². The average molecular weight is 313 g/mol. The summed E-state index contributed by atoms with van der Waals surface area (Å²) in [5.74, 6) is 0.794. The van der Waals surface area contributed by atoms with E-state index in [0.29, 0.717) is 11.6 Å². The number of rotatable bonds is 5. The Balaban J connectivity index is 1.62. The second kappa shape index (κ2) is 6.72. The first-order chi connectivity index (χ1) is 10.8. The van der Waals surface area contributed by atoms with Gasteiger partial charge in [-0.1, -0.05) is 35.9 Å². The van der Waals surface area contributed by atoms with E-state index in [1.165, 1.54) is 0 Å². The van der Waals surface area contributed by atoms with E-state index < -0.39 is 0 Å². The highest BCUT2D eigenvalue weighted by molar-refractivity contribution is 6.31. The van der Waals surface area contributed by atoms with Crippen molar-refractivity contribution in [1.82, 2.24) is 4.57 Å². The van der Waals surface area contributed by atoms with E-state index in [-0.39, 0.29) is 0 Å². The van der Waals surface area contributed by atoms with Crippen molar-refractivity contribution >= 4 is 22.5 Å². The Morgan fingerprint density at radius 2 is 2.05 bits per heavy atom. The van der Waals surface area contributed by atoms with Crippen molar-refractivity contribution in [3.8, 4) is 6.07 Å². The van der Waals surface area contributed by atoms with Crippen molar-refractivity contribution in [2.75, 3.05) is 6.61 Å². The van der Waals surface area contributed by atoms with Crippen LogP contribution in [-0.2, 0) is 11.3 Å². The molecule has 0 atom stereocenters. The molecule has 4 heteroatoms. The lowest BCUT2D eigenvalue weighted by atomic mass is 10.2. The molecule has 2 aromatic rings. The maximum Gasteiger partial charge on any atom is 0.133 e. The Morgan fingerprint density at radius 1 is 1.23 bits per heavy atom. The highest BCUT2D eigenvalue weighted by atomic mass is 35.5.